The van der Waals surface area contributed by atoms with E-state index in [0.29, 0.717) is 4.48 Å². The average molecular weight is 425 g/mol. The Balaban J connectivity index is 2.20. The number of nitro groups is 1. The van der Waals surface area contributed by atoms with Gasteiger partial charge in [0.25, 0.3) is 5.69 Å². The van der Waals surface area contributed by atoms with E-state index in [0.717, 1.165) is 17.7 Å². The van der Waals surface area contributed by atoms with Gasteiger partial charge >= 0.3 is 0 Å². The molecule has 0 heterocycles. The van der Waals surface area contributed by atoms with Crippen molar-refractivity contribution in [2.75, 3.05) is 5.43 Å². The molecule has 0 aliphatic heterocycles. The Kier molecular flexibility index (Phi) is 6.02. The fourth-order valence-corrected chi connectivity index (χ4v) is 2.74. The number of allylic oxidation sites excluding steroid dienone is 1. The topological polar surface area (TPSA) is 128 Å². The van der Waals surface area contributed by atoms with E-state index >= 15 is 0 Å². The van der Waals surface area contributed by atoms with Crippen molar-refractivity contribution >= 4 is 49.6 Å². The van der Waals surface area contributed by atoms with Crippen LogP contribution in [0.5, 0.6) is 0 Å². The molecule has 2 aromatic carbocycles. The minimum absolute atomic E-state index is 0.0358. The van der Waals surface area contributed by atoms with Crippen LogP contribution < -0.4 is 10.6 Å². The first-order valence-electron chi connectivity index (χ1n) is 6.80. The summed E-state index contributed by atoms with van der Waals surface area (Å²) in [5.74, 6) is 0. The molecule has 3 N–H and O–H groups in total. The van der Waals surface area contributed by atoms with Crippen LogP contribution in [0.1, 0.15) is 5.56 Å². The molecule has 0 atom stereocenters. The summed E-state index contributed by atoms with van der Waals surface area (Å²) in [6.45, 7) is 0. The lowest BCUT2D eigenvalue weighted by molar-refractivity contribution is -0.384. The number of nitrogens with two attached hydrogens (primary N) is 1. The summed E-state index contributed by atoms with van der Waals surface area (Å²) >= 11 is 3.32. The molecule has 0 aliphatic rings. The number of rotatable bonds is 6. The Morgan fingerprint density at radius 1 is 1.24 bits per heavy atom. The van der Waals surface area contributed by atoms with Gasteiger partial charge in [0.1, 0.15) is 5.69 Å². The SMILES string of the molecule is NS(=O)(=O)c1ccc(N/N=C/C(Br)=C/c2ccccc2)c([N+](=O)[O-])c1. The maximum atomic E-state index is 11.3. The number of halogens is 1. The monoisotopic (exact) mass is 424 g/mol. The van der Waals surface area contributed by atoms with E-state index in [2.05, 4.69) is 26.5 Å². The van der Waals surface area contributed by atoms with Gasteiger partial charge in [0.15, 0.2) is 0 Å². The summed E-state index contributed by atoms with van der Waals surface area (Å²) in [5.41, 5.74) is 3.04. The lowest BCUT2D eigenvalue weighted by Gasteiger charge is -2.04. The van der Waals surface area contributed by atoms with Crippen LogP contribution in [-0.4, -0.2) is 19.6 Å². The summed E-state index contributed by atoms with van der Waals surface area (Å²) in [5, 5.41) is 20.0. The third-order valence-corrected chi connectivity index (χ3v) is 4.32. The maximum Gasteiger partial charge on any atom is 0.295 e. The first-order chi connectivity index (χ1) is 11.8. The van der Waals surface area contributed by atoms with Crippen LogP contribution in [0, 0.1) is 10.1 Å². The van der Waals surface area contributed by atoms with Crippen LogP contribution >= 0.6 is 15.9 Å². The summed E-state index contributed by atoms with van der Waals surface area (Å²) < 4.78 is 23.2. The Labute approximate surface area is 152 Å². The third-order valence-electron chi connectivity index (χ3n) is 2.97. The van der Waals surface area contributed by atoms with Gasteiger partial charge in [-0.25, -0.2) is 13.6 Å². The number of anilines is 1. The highest BCUT2D eigenvalue weighted by Crippen LogP contribution is 2.27. The van der Waals surface area contributed by atoms with Gasteiger partial charge < -0.3 is 0 Å². The van der Waals surface area contributed by atoms with Crippen LogP contribution in [0.4, 0.5) is 11.4 Å². The predicted molar refractivity (Wildman–Crippen MR) is 99.9 cm³/mol. The molecule has 0 fully saturated rings. The van der Waals surface area contributed by atoms with E-state index in [-0.39, 0.29) is 10.6 Å². The van der Waals surface area contributed by atoms with Crippen molar-refractivity contribution in [2.45, 2.75) is 4.90 Å². The van der Waals surface area contributed by atoms with Crippen molar-refractivity contribution in [3.63, 3.8) is 0 Å². The molecular weight excluding hydrogens is 412 g/mol. The van der Waals surface area contributed by atoms with Gasteiger partial charge in [-0.2, -0.15) is 5.10 Å². The minimum atomic E-state index is -4.03. The van der Waals surface area contributed by atoms with Crippen molar-refractivity contribution in [1.82, 2.24) is 0 Å². The van der Waals surface area contributed by atoms with Gasteiger partial charge in [0.05, 0.1) is 16.0 Å². The first-order valence-corrected chi connectivity index (χ1v) is 9.14. The Morgan fingerprint density at radius 2 is 1.92 bits per heavy atom. The summed E-state index contributed by atoms with van der Waals surface area (Å²) in [7, 11) is -4.03. The first kappa shape index (κ1) is 18.8. The van der Waals surface area contributed by atoms with E-state index in [1.807, 2.05) is 36.4 Å². The fraction of sp³-hybridized carbons (Fsp3) is 0. The van der Waals surface area contributed by atoms with E-state index in [1.165, 1.54) is 12.3 Å². The lowest BCUT2D eigenvalue weighted by atomic mass is 10.2. The second-order valence-electron chi connectivity index (χ2n) is 4.79. The number of nitrogens with zero attached hydrogens (tertiary/aromatic N) is 2. The zero-order valence-corrected chi connectivity index (χ0v) is 15.1. The molecule has 130 valence electrons. The van der Waals surface area contributed by atoms with Crippen molar-refractivity contribution in [1.29, 1.82) is 0 Å². The largest absolute Gasteiger partial charge is 0.295 e. The van der Waals surface area contributed by atoms with Gasteiger partial charge in [-0.15, -0.1) is 0 Å². The van der Waals surface area contributed by atoms with E-state index in [4.69, 9.17) is 5.14 Å². The molecule has 0 aliphatic carbocycles. The van der Waals surface area contributed by atoms with Crippen LogP contribution in [0.2, 0.25) is 0 Å². The van der Waals surface area contributed by atoms with Gasteiger partial charge in [-0.3, -0.25) is 15.5 Å². The molecule has 0 bridgehead atoms. The van der Waals surface area contributed by atoms with Crippen LogP contribution in [0.15, 0.2) is 63.0 Å². The molecule has 2 aromatic rings. The van der Waals surface area contributed by atoms with E-state index < -0.39 is 20.6 Å². The van der Waals surface area contributed by atoms with E-state index in [9.17, 15) is 18.5 Å². The maximum absolute atomic E-state index is 11.3. The van der Waals surface area contributed by atoms with Gasteiger partial charge in [-0.1, -0.05) is 30.3 Å². The molecular formula is C15H13BrN4O4S. The zero-order chi connectivity index (χ0) is 18.4. The Morgan fingerprint density at radius 3 is 2.52 bits per heavy atom. The number of benzene rings is 2. The van der Waals surface area contributed by atoms with Crippen molar-refractivity contribution in [2.24, 2.45) is 10.2 Å². The average Bonchev–Trinajstić information content (AvgIpc) is 2.54. The molecule has 8 nitrogen and oxygen atoms in total. The van der Waals surface area contributed by atoms with Crippen molar-refractivity contribution in [3.05, 3.63) is 68.7 Å². The predicted octanol–water partition coefficient (Wildman–Crippen LogP) is 3.08. The second-order valence-corrected chi connectivity index (χ2v) is 7.27. The smallest absolute Gasteiger partial charge is 0.272 e. The zero-order valence-electron chi connectivity index (χ0n) is 12.7. The molecule has 0 unspecified atom stereocenters. The standard InChI is InChI=1S/C15H13BrN4O4S/c16-12(8-11-4-2-1-3-5-11)10-18-19-14-7-6-13(25(17,23)24)9-15(14)20(21)22/h1-10,19H,(H2,17,23,24)/b12-8-,18-10+. The van der Waals surface area contributed by atoms with Gasteiger partial charge in [0, 0.05) is 10.5 Å². The molecule has 2 rings (SSSR count). The normalized spacial score (nSPS) is 12.3. The Bertz CT molecular complexity index is 943. The number of nitro benzene ring substituents is 1. The lowest BCUT2D eigenvalue weighted by Crippen LogP contribution is -2.12. The van der Waals surface area contributed by atoms with E-state index in [1.54, 1.807) is 0 Å². The van der Waals surface area contributed by atoms with Crippen LogP contribution in [-0.2, 0) is 10.0 Å². The second kappa shape index (κ2) is 8.01. The summed E-state index contributed by atoms with van der Waals surface area (Å²) in [6.07, 6.45) is 3.23. The quantitative estimate of drug-likeness (QED) is 0.418. The number of hydrogen-bond donors (Lipinski definition) is 2. The van der Waals surface area contributed by atoms with Gasteiger partial charge in [-0.05, 0) is 39.7 Å². The molecule has 0 spiro atoms. The molecule has 0 aromatic heterocycles. The van der Waals surface area contributed by atoms with Crippen LogP contribution in [0.25, 0.3) is 6.08 Å². The fourth-order valence-electron chi connectivity index (χ4n) is 1.84. The molecule has 0 radical (unpaired) electrons. The molecule has 0 saturated carbocycles. The highest BCUT2D eigenvalue weighted by molar-refractivity contribution is 9.12. The summed E-state index contributed by atoms with van der Waals surface area (Å²) in [6, 6.07) is 12.7. The molecule has 0 saturated heterocycles. The Hall–Kier alpha value is -2.56. The number of hydrogen-bond acceptors (Lipinski definition) is 6. The molecule has 10 heteroatoms. The number of nitrogens with one attached hydrogen (secondary N) is 1. The van der Waals surface area contributed by atoms with Crippen molar-refractivity contribution in [3.8, 4) is 0 Å². The highest BCUT2D eigenvalue weighted by atomic mass is 79.9. The molecule has 25 heavy (non-hydrogen) atoms. The molecule has 0 amide bonds. The highest BCUT2D eigenvalue weighted by Gasteiger charge is 2.18. The third kappa shape index (κ3) is 5.48. The summed E-state index contributed by atoms with van der Waals surface area (Å²) in [4.78, 5) is 10.0. The minimum Gasteiger partial charge on any atom is -0.272 e. The number of hydrazone groups is 1. The van der Waals surface area contributed by atoms with Crippen molar-refractivity contribution < 1.29 is 13.3 Å². The number of sulfonamides is 1. The van der Waals surface area contributed by atoms with Gasteiger partial charge in [0.2, 0.25) is 10.0 Å². The number of primary sulfonamides is 1. The van der Waals surface area contributed by atoms with Crippen LogP contribution in [0.3, 0.4) is 0 Å².